The summed E-state index contributed by atoms with van der Waals surface area (Å²) in [4.78, 5) is 24.0. The van der Waals surface area contributed by atoms with Gasteiger partial charge in [0, 0.05) is 25.7 Å². The van der Waals surface area contributed by atoms with Crippen LogP contribution in [0.2, 0.25) is 0 Å². The second-order valence-corrected chi connectivity index (χ2v) is 10.00. The average molecular weight is 675 g/mol. The molecule has 1 aromatic carbocycles. The van der Waals surface area contributed by atoms with Crippen molar-refractivity contribution in [2.45, 2.75) is 17.6 Å². The Morgan fingerprint density at radius 2 is 2.07 bits per heavy atom. The van der Waals surface area contributed by atoms with Crippen LogP contribution in [0, 0.1) is 5.92 Å². The third-order valence-electron chi connectivity index (χ3n) is 5.20. The van der Waals surface area contributed by atoms with Gasteiger partial charge in [-0.15, -0.1) is 11.3 Å². The fourth-order valence-corrected chi connectivity index (χ4v) is 7.83. The molecule has 0 radical (unpaired) electrons. The summed E-state index contributed by atoms with van der Waals surface area (Å²) >= 11 is 9.78. The summed E-state index contributed by atoms with van der Waals surface area (Å²) in [7, 11) is 0. The van der Waals surface area contributed by atoms with Crippen molar-refractivity contribution in [2.24, 2.45) is 5.92 Å². The van der Waals surface area contributed by atoms with Crippen LogP contribution in [0.25, 0.3) is 0 Å². The summed E-state index contributed by atoms with van der Waals surface area (Å²) < 4.78 is 9.02. The standard InChI is InChI=1S/C18H17BrI2N2O3S/c19-14-8-27-16(22-14)18-11-25-17(9-20,10-21)6-13(18)7-26-23(18)15(24)12-4-2-1-3-5-12/h1-5,8,13H,6-7,9-11H2/t13-,18-/m0/s1. The fourth-order valence-electron chi connectivity index (χ4n) is 3.69. The second kappa shape index (κ2) is 8.13. The van der Waals surface area contributed by atoms with Gasteiger partial charge in [-0.2, -0.15) is 0 Å². The predicted octanol–water partition coefficient (Wildman–Crippen LogP) is 4.83. The summed E-state index contributed by atoms with van der Waals surface area (Å²) in [6.45, 7) is 0.885. The number of halogens is 3. The van der Waals surface area contributed by atoms with E-state index in [4.69, 9.17) is 9.57 Å². The first-order valence-corrected chi connectivity index (χ1v) is 13.2. The van der Waals surface area contributed by atoms with Crippen molar-refractivity contribution >= 4 is 78.4 Å². The lowest BCUT2D eigenvalue weighted by Gasteiger charge is -2.47. The van der Waals surface area contributed by atoms with E-state index in [2.05, 4.69) is 66.1 Å². The molecule has 2 aliphatic heterocycles. The van der Waals surface area contributed by atoms with Crippen LogP contribution < -0.4 is 0 Å². The molecule has 27 heavy (non-hydrogen) atoms. The number of carbonyl (C=O) groups is 1. The molecule has 9 heteroatoms. The van der Waals surface area contributed by atoms with Crippen LogP contribution in [0.1, 0.15) is 21.8 Å². The Bertz CT molecular complexity index is 833. The molecule has 2 atom stereocenters. The lowest BCUT2D eigenvalue weighted by molar-refractivity contribution is -0.177. The highest BCUT2D eigenvalue weighted by molar-refractivity contribution is 14.1. The van der Waals surface area contributed by atoms with Crippen LogP contribution in [-0.4, -0.2) is 43.6 Å². The summed E-state index contributed by atoms with van der Waals surface area (Å²) in [5.41, 5.74) is -0.267. The summed E-state index contributed by atoms with van der Waals surface area (Å²) in [5, 5.41) is 4.34. The molecule has 2 aromatic rings. The fraction of sp³-hybridized carbons (Fsp3) is 0.444. The van der Waals surface area contributed by atoms with Crippen LogP contribution in [0.3, 0.4) is 0 Å². The molecule has 0 bridgehead atoms. The number of fused-ring (bicyclic) bond motifs is 1. The van der Waals surface area contributed by atoms with Gasteiger partial charge in [0.15, 0.2) is 5.54 Å². The van der Waals surface area contributed by atoms with Crippen molar-refractivity contribution < 1.29 is 14.4 Å². The molecule has 3 heterocycles. The number of hydroxylamine groups is 2. The number of hydrogen-bond donors (Lipinski definition) is 0. The molecule has 4 rings (SSSR count). The van der Waals surface area contributed by atoms with Gasteiger partial charge < -0.3 is 4.74 Å². The zero-order valence-electron chi connectivity index (χ0n) is 14.2. The number of hydrogen-bond acceptors (Lipinski definition) is 5. The van der Waals surface area contributed by atoms with Gasteiger partial charge >= 0.3 is 0 Å². The lowest BCUT2D eigenvalue weighted by Crippen LogP contribution is -2.59. The maximum atomic E-state index is 13.3. The van der Waals surface area contributed by atoms with Gasteiger partial charge in [0.25, 0.3) is 5.91 Å². The highest BCUT2D eigenvalue weighted by Gasteiger charge is 2.61. The van der Waals surface area contributed by atoms with E-state index in [-0.39, 0.29) is 17.4 Å². The van der Waals surface area contributed by atoms with E-state index < -0.39 is 5.54 Å². The molecule has 2 aliphatic rings. The first-order valence-electron chi connectivity index (χ1n) is 8.44. The van der Waals surface area contributed by atoms with Gasteiger partial charge in [0.2, 0.25) is 0 Å². The van der Waals surface area contributed by atoms with E-state index in [9.17, 15) is 4.79 Å². The van der Waals surface area contributed by atoms with Crippen molar-refractivity contribution in [3.05, 3.63) is 50.9 Å². The van der Waals surface area contributed by atoms with E-state index in [0.29, 0.717) is 18.8 Å². The van der Waals surface area contributed by atoms with Crippen molar-refractivity contribution in [1.82, 2.24) is 10.0 Å². The van der Waals surface area contributed by atoms with Gasteiger partial charge in [-0.1, -0.05) is 63.4 Å². The first-order chi connectivity index (χ1) is 13.0. The lowest BCUT2D eigenvalue weighted by atomic mass is 9.76. The van der Waals surface area contributed by atoms with Crippen molar-refractivity contribution in [1.29, 1.82) is 0 Å². The third-order valence-corrected chi connectivity index (χ3v) is 9.70. The molecule has 5 nitrogen and oxygen atoms in total. The molecule has 0 N–H and O–H groups in total. The number of nitrogens with zero attached hydrogens (tertiary/aromatic N) is 2. The highest BCUT2D eigenvalue weighted by atomic mass is 127. The zero-order chi connectivity index (χ0) is 19.1. The zero-order valence-corrected chi connectivity index (χ0v) is 21.0. The number of ether oxygens (including phenoxy) is 1. The van der Waals surface area contributed by atoms with E-state index in [1.54, 1.807) is 0 Å². The van der Waals surface area contributed by atoms with Gasteiger partial charge in [-0.05, 0) is 34.5 Å². The number of alkyl halides is 2. The largest absolute Gasteiger partial charge is 0.370 e. The summed E-state index contributed by atoms with van der Waals surface area (Å²) in [5.74, 6) is -0.00837. The minimum absolute atomic E-state index is 0.140. The first kappa shape index (κ1) is 20.5. The van der Waals surface area contributed by atoms with Crippen LogP contribution in [-0.2, 0) is 15.1 Å². The SMILES string of the molecule is O=C(c1ccccc1)N1OC[C@@H]2CC(CI)(CI)OC[C@@]21c1nc(Br)cs1. The molecule has 0 spiro atoms. The van der Waals surface area contributed by atoms with E-state index in [0.717, 1.165) is 24.9 Å². The van der Waals surface area contributed by atoms with E-state index in [1.807, 2.05) is 35.7 Å². The molecule has 1 amide bonds. The topological polar surface area (TPSA) is 51.7 Å². The smallest absolute Gasteiger partial charge is 0.278 e. The Morgan fingerprint density at radius 1 is 1.33 bits per heavy atom. The Morgan fingerprint density at radius 3 is 2.70 bits per heavy atom. The predicted molar refractivity (Wildman–Crippen MR) is 125 cm³/mol. The highest BCUT2D eigenvalue weighted by Crippen LogP contribution is 2.52. The minimum Gasteiger partial charge on any atom is -0.370 e. The van der Waals surface area contributed by atoms with Gasteiger partial charge in [0.05, 0.1) is 18.8 Å². The van der Waals surface area contributed by atoms with Crippen LogP contribution >= 0.6 is 72.4 Å². The number of carbonyl (C=O) groups excluding carboxylic acids is 1. The summed E-state index contributed by atoms with van der Waals surface area (Å²) in [6, 6.07) is 9.25. The van der Waals surface area contributed by atoms with Crippen LogP contribution in [0.4, 0.5) is 0 Å². The molecule has 2 fully saturated rings. The Hall–Kier alpha value is 0.180. The number of rotatable bonds is 4. The number of aromatic nitrogens is 1. The number of thiazole rings is 1. The number of amides is 1. The Kier molecular flexibility index (Phi) is 6.16. The van der Waals surface area contributed by atoms with Crippen LogP contribution in [0.5, 0.6) is 0 Å². The molecule has 0 aliphatic carbocycles. The second-order valence-electron chi connectivity index (χ2n) is 6.80. The molecule has 1 aromatic heterocycles. The van der Waals surface area contributed by atoms with Crippen molar-refractivity contribution in [3.63, 3.8) is 0 Å². The molecule has 0 saturated carbocycles. The quantitative estimate of drug-likeness (QED) is 0.345. The Balaban J connectivity index is 1.76. The van der Waals surface area contributed by atoms with E-state index >= 15 is 0 Å². The molecule has 0 unspecified atom stereocenters. The van der Waals surface area contributed by atoms with Gasteiger partial charge in [-0.25, -0.2) is 10.0 Å². The maximum Gasteiger partial charge on any atom is 0.278 e. The minimum atomic E-state index is -0.690. The molecular formula is C18H17BrI2N2O3S. The number of benzene rings is 1. The van der Waals surface area contributed by atoms with Gasteiger partial charge in [-0.3, -0.25) is 9.63 Å². The van der Waals surface area contributed by atoms with Crippen LogP contribution in [0.15, 0.2) is 40.3 Å². The van der Waals surface area contributed by atoms with Gasteiger partial charge in [0.1, 0.15) is 9.61 Å². The monoisotopic (exact) mass is 674 g/mol. The Labute approximate surface area is 197 Å². The normalized spacial score (nSPS) is 26.8. The average Bonchev–Trinajstić information content (AvgIpc) is 3.31. The summed E-state index contributed by atoms with van der Waals surface area (Å²) in [6.07, 6.45) is 0.842. The maximum absolute atomic E-state index is 13.3. The van der Waals surface area contributed by atoms with Crippen molar-refractivity contribution in [3.8, 4) is 0 Å². The third kappa shape index (κ3) is 3.49. The molecule has 2 saturated heterocycles. The molecular weight excluding hydrogens is 658 g/mol. The van der Waals surface area contributed by atoms with Crippen molar-refractivity contribution in [2.75, 3.05) is 22.1 Å². The van der Waals surface area contributed by atoms with E-state index in [1.165, 1.54) is 16.4 Å². The molecule has 144 valence electrons.